The highest BCUT2D eigenvalue weighted by atomic mass is 79.9. The smallest absolute Gasteiger partial charge is 0.326 e. The monoisotopic (exact) mass is 453 g/mol. The normalized spacial score (nSPS) is 15.3. The minimum atomic E-state index is -0.486. The van der Waals surface area contributed by atoms with Gasteiger partial charge in [0.15, 0.2) is 11.1 Å². The summed E-state index contributed by atoms with van der Waals surface area (Å²) in [5.74, 6) is 0.391. The van der Waals surface area contributed by atoms with Crippen LogP contribution < -0.4 is 21.7 Å². The third-order valence-corrected chi connectivity index (χ3v) is 5.02. The lowest BCUT2D eigenvalue weighted by Crippen LogP contribution is -2.19. The van der Waals surface area contributed by atoms with E-state index in [0.717, 1.165) is 23.0 Å². The minimum absolute atomic E-state index is 0.235. The highest BCUT2D eigenvalue weighted by Gasteiger charge is 2.20. The Morgan fingerprint density at radius 3 is 2.76 bits per heavy atom. The number of nitrogens with one attached hydrogen (secondary N) is 3. The molecule has 1 aromatic carbocycles. The molecule has 29 heavy (non-hydrogen) atoms. The molecule has 1 fully saturated rings. The lowest BCUT2D eigenvalue weighted by molar-refractivity contribution is 0.454. The fraction of sp³-hybridized carbons (Fsp3) is 0.158. The van der Waals surface area contributed by atoms with E-state index < -0.39 is 5.69 Å². The molecule has 0 bridgehead atoms. The Kier molecular flexibility index (Phi) is 4.20. The van der Waals surface area contributed by atoms with Crippen molar-refractivity contribution in [3.63, 3.8) is 0 Å². The van der Waals surface area contributed by atoms with Crippen LogP contribution in [0.3, 0.4) is 0 Å². The van der Waals surface area contributed by atoms with Crippen molar-refractivity contribution in [2.45, 2.75) is 18.9 Å². The van der Waals surface area contributed by atoms with E-state index in [1.807, 2.05) is 30.3 Å². The summed E-state index contributed by atoms with van der Waals surface area (Å²) in [6.07, 6.45) is 5.38. The second kappa shape index (κ2) is 6.89. The number of imidazole rings is 1. The van der Waals surface area contributed by atoms with Crippen molar-refractivity contribution in [1.29, 1.82) is 0 Å². The standard InChI is InChI=1S/C19H16BrN7O2/c20-11-1-3-12(4-2-11)22-15-8-16(23-13-5-6-13)27-17(25-15)10(9-21-27)7-14-18(28)26-19(29)24-14/h1-4,7-9,13,22,28H,5-6H2,(H2,24,26,29). The van der Waals surface area contributed by atoms with Crippen LogP contribution in [0.25, 0.3) is 11.7 Å². The largest absolute Gasteiger partial charge is 0.493 e. The summed E-state index contributed by atoms with van der Waals surface area (Å²) in [6, 6.07) is 9.95. The summed E-state index contributed by atoms with van der Waals surface area (Å²) in [5, 5.41) is 18.2. The quantitative estimate of drug-likeness (QED) is 0.373. The Bertz CT molecular complexity index is 1380. The molecule has 10 heteroatoms. The lowest BCUT2D eigenvalue weighted by atomic mass is 10.3. The molecule has 0 radical (unpaired) electrons. The maximum Gasteiger partial charge on any atom is 0.326 e. The summed E-state index contributed by atoms with van der Waals surface area (Å²) in [5.41, 5.74) is 1.93. The number of aromatic hydroxyl groups is 1. The van der Waals surface area contributed by atoms with Gasteiger partial charge in [0.25, 0.3) is 0 Å². The molecule has 1 aliphatic carbocycles. The minimum Gasteiger partial charge on any atom is -0.493 e. The molecule has 0 aliphatic heterocycles. The number of hydrogen-bond donors (Lipinski definition) is 4. The number of halogens is 1. The van der Waals surface area contributed by atoms with Crippen molar-refractivity contribution >= 4 is 39.2 Å². The molecule has 3 aromatic heterocycles. The van der Waals surface area contributed by atoms with Crippen LogP contribution in [0.2, 0.25) is 0 Å². The fourth-order valence-corrected chi connectivity index (χ4v) is 3.21. The summed E-state index contributed by atoms with van der Waals surface area (Å²) in [7, 11) is 0. The first kappa shape index (κ1) is 17.7. The van der Waals surface area contributed by atoms with E-state index in [2.05, 4.69) is 41.3 Å². The number of nitrogens with zero attached hydrogens (tertiary/aromatic N) is 4. The summed E-state index contributed by atoms with van der Waals surface area (Å²) >= 11 is 3.43. The van der Waals surface area contributed by atoms with E-state index >= 15 is 0 Å². The first-order valence-electron chi connectivity index (χ1n) is 9.03. The molecule has 5 rings (SSSR count). The maximum absolute atomic E-state index is 11.4. The number of aromatic amines is 2. The van der Waals surface area contributed by atoms with E-state index in [1.54, 1.807) is 16.8 Å². The van der Waals surface area contributed by atoms with Crippen molar-refractivity contribution < 1.29 is 5.11 Å². The molecular weight excluding hydrogens is 438 g/mol. The van der Waals surface area contributed by atoms with Crippen molar-refractivity contribution in [3.8, 4) is 5.88 Å². The average molecular weight is 454 g/mol. The van der Waals surface area contributed by atoms with Crippen LogP contribution >= 0.6 is 15.9 Å². The maximum atomic E-state index is 11.4. The zero-order valence-electron chi connectivity index (χ0n) is 15.1. The molecule has 0 atom stereocenters. The second-order valence-electron chi connectivity index (χ2n) is 6.81. The van der Waals surface area contributed by atoms with Gasteiger partial charge in [0.2, 0.25) is 5.88 Å². The van der Waals surface area contributed by atoms with Crippen LogP contribution in [0.4, 0.5) is 11.5 Å². The molecule has 4 N–H and O–H groups in total. The van der Waals surface area contributed by atoms with Gasteiger partial charge in [-0.25, -0.2) is 9.78 Å². The van der Waals surface area contributed by atoms with Crippen LogP contribution in [-0.4, -0.2) is 35.7 Å². The van der Waals surface area contributed by atoms with Gasteiger partial charge in [-0.15, -0.1) is 0 Å². The SMILES string of the molecule is O=c1[nH]c(O)c(C=c2cnn3c(=NC4CC4)cc(Nc4ccc(Br)cc4)nc23)[nH]1. The van der Waals surface area contributed by atoms with Crippen LogP contribution in [0, 0.1) is 0 Å². The van der Waals surface area contributed by atoms with Gasteiger partial charge >= 0.3 is 5.69 Å². The predicted octanol–water partition coefficient (Wildman–Crippen LogP) is 1.57. The molecule has 1 saturated carbocycles. The van der Waals surface area contributed by atoms with Crippen molar-refractivity contribution in [2.75, 3.05) is 5.32 Å². The molecule has 146 valence electrons. The molecule has 4 aromatic rings. The van der Waals surface area contributed by atoms with Gasteiger partial charge in [-0.1, -0.05) is 15.9 Å². The van der Waals surface area contributed by atoms with Crippen LogP contribution in [0.1, 0.15) is 18.5 Å². The van der Waals surface area contributed by atoms with E-state index in [9.17, 15) is 9.90 Å². The van der Waals surface area contributed by atoms with Crippen LogP contribution in [0.15, 0.2) is 50.8 Å². The predicted molar refractivity (Wildman–Crippen MR) is 111 cm³/mol. The highest BCUT2D eigenvalue weighted by Crippen LogP contribution is 2.23. The summed E-state index contributed by atoms with van der Waals surface area (Å²) in [6.45, 7) is 0. The fourth-order valence-electron chi connectivity index (χ4n) is 2.94. The first-order chi connectivity index (χ1) is 14.0. The molecule has 1 aliphatic rings. The number of benzene rings is 1. The number of anilines is 2. The van der Waals surface area contributed by atoms with Crippen molar-refractivity contribution in [2.24, 2.45) is 4.99 Å². The molecule has 9 nitrogen and oxygen atoms in total. The third-order valence-electron chi connectivity index (χ3n) is 4.49. The van der Waals surface area contributed by atoms with Gasteiger partial charge in [0.1, 0.15) is 11.5 Å². The van der Waals surface area contributed by atoms with Crippen LogP contribution in [0.5, 0.6) is 5.88 Å². The van der Waals surface area contributed by atoms with Gasteiger partial charge in [-0.3, -0.25) is 9.98 Å². The van der Waals surface area contributed by atoms with E-state index in [-0.39, 0.29) is 11.6 Å². The molecule has 0 saturated heterocycles. The second-order valence-corrected chi connectivity index (χ2v) is 7.73. The molecular formula is C19H16BrN7O2. The van der Waals surface area contributed by atoms with Gasteiger partial charge in [0.05, 0.1) is 12.2 Å². The van der Waals surface area contributed by atoms with E-state index in [1.165, 1.54) is 0 Å². The number of rotatable bonds is 4. The Balaban J connectivity index is 1.67. The van der Waals surface area contributed by atoms with Gasteiger partial charge in [0, 0.05) is 21.4 Å². The van der Waals surface area contributed by atoms with E-state index in [0.29, 0.717) is 28.2 Å². The highest BCUT2D eigenvalue weighted by molar-refractivity contribution is 9.10. The molecule has 0 unspecified atom stereocenters. The first-order valence-corrected chi connectivity index (χ1v) is 9.83. The Morgan fingerprint density at radius 2 is 2.07 bits per heavy atom. The number of H-pyrrole nitrogens is 2. The van der Waals surface area contributed by atoms with E-state index in [4.69, 9.17) is 4.99 Å². The van der Waals surface area contributed by atoms with Crippen LogP contribution in [-0.2, 0) is 0 Å². The summed E-state index contributed by atoms with van der Waals surface area (Å²) in [4.78, 5) is 25.7. The Labute approximate surface area is 172 Å². The van der Waals surface area contributed by atoms with Gasteiger partial charge < -0.3 is 15.4 Å². The number of hydrogen-bond acceptors (Lipinski definition) is 6. The Hall–Kier alpha value is -3.40. The topological polar surface area (TPSA) is 123 Å². The van der Waals surface area contributed by atoms with Gasteiger partial charge in [-0.05, 0) is 43.2 Å². The third kappa shape index (κ3) is 3.66. The number of fused-ring (bicyclic) bond motifs is 1. The zero-order chi connectivity index (χ0) is 20.0. The molecule has 3 heterocycles. The zero-order valence-corrected chi connectivity index (χ0v) is 16.6. The summed E-state index contributed by atoms with van der Waals surface area (Å²) < 4.78 is 2.66. The van der Waals surface area contributed by atoms with Gasteiger partial charge in [-0.2, -0.15) is 9.61 Å². The molecule has 0 amide bonds. The lowest BCUT2D eigenvalue weighted by Gasteiger charge is -2.06. The average Bonchev–Trinajstić information content (AvgIpc) is 3.33. The van der Waals surface area contributed by atoms with Crippen molar-refractivity contribution in [3.05, 3.63) is 67.9 Å². The Morgan fingerprint density at radius 1 is 1.28 bits per heavy atom. The van der Waals surface area contributed by atoms with Crippen molar-refractivity contribution in [1.82, 2.24) is 24.6 Å². The number of aromatic nitrogens is 5. The molecule has 0 spiro atoms.